The summed E-state index contributed by atoms with van der Waals surface area (Å²) in [7, 11) is 1.54. The van der Waals surface area contributed by atoms with Gasteiger partial charge in [0, 0.05) is 24.5 Å². The highest BCUT2D eigenvalue weighted by Crippen LogP contribution is 2.58. The molecule has 6 heteroatoms. The van der Waals surface area contributed by atoms with Crippen molar-refractivity contribution >= 4 is 5.97 Å². The molecule has 3 aliphatic rings. The lowest BCUT2D eigenvalue weighted by Crippen LogP contribution is -2.49. The largest absolute Gasteiger partial charge is 0.481 e. The number of hydrogen-bond donors (Lipinski definition) is 1. The Morgan fingerprint density at radius 3 is 2.68 bits per heavy atom. The number of ether oxygens (including phenoxy) is 4. The number of methoxy groups -OCH3 is 1. The summed E-state index contributed by atoms with van der Waals surface area (Å²) in [5, 5.41) is 9.37. The number of rotatable bonds is 3. The molecule has 7 atom stereocenters. The van der Waals surface area contributed by atoms with Crippen LogP contribution in [0.5, 0.6) is 0 Å². The zero-order chi connectivity index (χ0) is 15.3. The predicted molar refractivity (Wildman–Crippen MR) is 73.8 cm³/mol. The molecule has 6 nitrogen and oxygen atoms in total. The molecule has 1 aromatic rings. The van der Waals surface area contributed by atoms with Crippen molar-refractivity contribution in [2.75, 3.05) is 13.7 Å². The standard InChI is InChI=1S/C16H18O6/c1-19-16-12-10(11(12)14(17)18)13-9(21-16)7-20-15(22-13)8-5-3-2-4-6-8/h2-6,9-13,15-16H,7H2,1H3,(H,17,18)/t9-,10-,11-,12-,13-,15+,16+/m1/s1. The fourth-order valence-electron chi connectivity index (χ4n) is 3.73. The molecule has 0 amide bonds. The topological polar surface area (TPSA) is 74.2 Å². The second-order valence-electron chi connectivity index (χ2n) is 5.97. The third-order valence-electron chi connectivity index (χ3n) is 4.78. The number of carboxylic acid groups (broad SMARTS) is 1. The molecule has 1 aliphatic carbocycles. The quantitative estimate of drug-likeness (QED) is 0.910. The van der Waals surface area contributed by atoms with Crippen LogP contribution >= 0.6 is 0 Å². The third kappa shape index (κ3) is 2.14. The molecule has 1 N–H and O–H groups in total. The summed E-state index contributed by atoms with van der Waals surface area (Å²) >= 11 is 0. The van der Waals surface area contributed by atoms with Crippen molar-refractivity contribution in [3.63, 3.8) is 0 Å². The zero-order valence-electron chi connectivity index (χ0n) is 12.1. The first kappa shape index (κ1) is 14.1. The number of carboxylic acids is 1. The lowest BCUT2D eigenvalue weighted by Gasteiger charge is -2.41. The number of aliphatic carboxylic acids is 1. The van der Waals surface area contributed by atoms with Crippen LogP contribution in [-0.4, -0.2) is 43.3 Å². The first-order valence-corrected chi connectivity index (χ1v) is 7.44. The maximum atomic E-state index is 11.4. The molecule has 1 aromatic carbocycles. The van der Waals surface area contributed by atoms with Gasteiger partial charge >= 0.3 is 5.97 Å². The number of hydrogen-bond acceptors (Lipinski definition) is 5. The Balaban J connectivity index is 1.55. The maximum absolute atomic E-state index is 11.4. The minimum absolute atomic E-state index is 0.0729. The minimum Gasteiger partial charge on any atom is -0.481 e. The first-order valence-electron chi connectivity index (χ1n) is 7.44. The number of benzene rings is 1. The molecule has 2 heterocycles. The molecule has 118 valence electrons. The van der Waals surface area contributed by atoms with E-state index in [0.29, 0.717) is 6.61 Å². The van der Waals surface area contributed by atoms with E-state index in [9.17, 15) is 9.90 Å². The number of fused-ring (bicyclic) bond motifs is 3. The van der Waals surface area contributed by atoms with Crippen LogP contribution in [0.25, 0.3) is 0 Å². The second-order valence-corrected chi connectivity index (χ2v) is 5.97. The Morgan fingerprint density at radius 1 is 1.23 bits per heavy atom. The van der Waals surface area contributed by atoms with Crippen molar-refractivity contribution < 1.29 is 28.8 Å². The lowest BCUT2D eigenvalue weighted by molar-refractivity contribution is -0.316. The Bertz CT molecular complexity index is 561. The van der Waals surface area contributed by atoms with Gasteiger partial charge in [0.15, 0.2) is 12.6 Å². The summed E-state index contributed by atoms with van der Waals surface area (Å²) in [6.07, 6.45) is -1.51. The van der Waals surface area contributed by atoms with E-state index in [2.05, 4.69) is 0 Å². The lowest BCUT2D eigenvalue weighted by atomic mass is 10.0. The van der Waals surface area contributed by atoms with Gasteiger partial charge in [0.1, 0.15) is 6.10 Å². The molecule has 1 saturated carbocycles. The molecule has 0 spiro atoms. The summed E-state index contributed by atoms with van der Waals surface area (Å²) in [5.41, 5.74) is 0.930. The van der Waals surface area contributed by atoms with E-state index >= 15 is 0 Å². The van der Waals surface area contributed by atoms with Crippen LogP contribution in [0.3, 0.4) is 0 Å². The molecule has 0 radical (unpaired) electrons. The summed E-state index contributed by atoms with van der Waals surface area (Å²) < 4.78 is 22.9. The van der Waals surface area contributed by atoms with Crippen LogP contribution in [0.4, 0.5) is 0 Å². The van der Waals surface area contributed by atoms with Gasteiger partial charge in [-0.1, -0.05) is 30.3 Å². The second kappa shape index (κ2) is 5.31. The monoisotopic (exact) mass is 306 g/mol. The van der Waals surface area contributed by atoms with Crippen LogP contribution in [-0.2, 0) is 23.7 Å². The van der Waals surface area contributed by atoms with E-state index in [4.69, 9.17) is 18.9 Å². The van der Waals surface area contributed by atoms with Gasteiger partial charge in [-0.3, -0.25) is 4.79 Å². The molecule has 2 aliphatic heterocycles. The molecule has 2 saturated heterocycles. The van der Waals surface area contributed by atoms with Crippen LogP contribution in [0, 0.1) is 17.8 Å². The van der Waals surface area contributed by atoms with E-state index in [1.807, 2.05) is 30.3 Å². The van der Waals surface area contributed by atoms with Crippen LogP contribution < -0.4 is 0 Å². The van der Waals surface area contributed by atoms with Crippen molar-refractivity contribution in [1.29, 1.82) is 0 Å². The van der Waals surface area contributed by atoms with Crippen LogP contribution in [0.2, 0.25) is 0 Å². The summed E-state index contributed by atoms with van der Waals surface area (Å²) in [6, 6.07) is 9.65. The molecular formula is C16H18O6. The molecule has 3 fully saturated rings. The van der Waals surface area contributed by atoms with E-state index in [1.54, 1.807) is 0 Å². The average Bonchev–Trinajstić information content (AvgIpc) is 3.30. The van der Waals surface area contributed by atoms with Crippen molar-refractivity contribution in [3.05, 3.63) is 35.9 Å². The van der Waals surface area contributed by atoms with Gasteiger partial charge in [-0.2, -0.15) is 0 Å². The Kier molecular flexibility index (Phi) is 3.41. The van der Waals surface area contributed by atoms with Crippen molar-refractivity contribution in [2.45, 2.75) is 24.8 Å². The minimum atomic E-state index is -0.812. The Morgan fingerprint density at radius 2 is 2.00 bits per heavy atom. The van der Waals surface area contributed by atoms with Gasteiger partial charge in [-0.05, 0) is 0 Å². The zero-order valence-corrected chi connectivity index (χ0v) is 12.1. The van der Waals surface area contributed by atoms with Crippen LogP contribution in [0.1, 0.15) is 11.9 Å². The predicted octanol–water partition coefficient (Wildman–Crippen LogP) is 1.42. The third-order valence-corrected chi connectivity index (χ3v) is 4.78. The van der Waals surface area contributed by atoms with Gasteiger partial charge in [0.25, 0.3) is 0 Å². The molecular weight excluding hydrogens is 288 g/mol. The van der Waals surface area contributed by atoms with Crippen LogP contribution in [0.15, 0.2) is 30.3 Å². The van der Waals surface area contributed by atoms with Crippen molar-refractivity contribution in [3.8, 4) is 0 Å². The number of carbonyl (C=O) groups is 1. The Hall–Kier alpha value is -1.47. The highest BCUT2D eigenvalue weighted by molar-refractivity contribution is 5.74. The van der Waals surface area contributed by atoms with Gasteiger partial charge in [0.05, 0.1) is 18.6 Å². The van der Waals surface area contributed by atoms with E-state index in [0.717, 1.165) is 5.56 Å². The maximum Gasteiger partial charge on any atom is 0.307 e. The molecule has 0 bridgehead atoms. The van der Waals surface area contributed by atoms with Gasteiger partial charge in [-0.15, -0.1) is 0 Å². The molecule has 0 unspecified atom stereocenters. The fraction of sp³-hybridized carbons (Fsp3) is 0.562. The highest BCUT2D eigenvalue weighted by atomic mass is 16.7. The summed E-state index contributed by atoms with van der Waals surface area (Å²) in [5.74, 6) is -1.49. The van der Waals surface area contributed by atoms with Gasteiger partial charge in [-0.25, -0.2) is 0 Å². The normalized spacial score (nSPS) is 43.0. The van der Waals surface area contributed by atoms with Crippen molar-refractivity contribution in [2.24, 2.45) is 17.8 Å². The SMILES string of the molecule is CO[C@H]1O[C@@H]2CO[C@H](c3ccccc3)O[C@H]2[C@@H]2[C@@H](C(=O)O)[C@H]12. The molecule has 4 rings (SSSR count). The summed E-state index contributed by atoms with van der Waals surface area (Å²) in [4.78, 5) is 11.4. The van der Waals surface area contributed by atoms with E-state index in [1.165, 1.54) is 7.11 Å². The fourth-order valence-corrected chi connectivity index (χ4v) is 3.73. The highest BCUT2D eigenvalue weighted by Gasteiger charge is 2.68. The molecule has 0 aromatic heterocycles. The molecule has 22 heavy (non-hydrogen) atoms. The van der Waals surface area contributed by atoms with E-state index < -0.39 is 24.5 Å². The average molecular weight is 306 g/mol. The van der Waals surface area contributed by atoms with Gasteiger partial charge in [0.2, 0.25) is 0 Å². The Labute approximate surface area is 127 Å². The first-order chi connectivity index (χ1) is 10.7. The summed E-state index contributed by atoms with van der Waals surface area (Å²) in [6.45, 7) is 0.375. The van der Waals surface area contributed by atoms with Gasteiger partial charge < -0.3 is 24.1 Å². The smallest absolute Gasteiger partial charge is 0.307 e. The van der Waals surface area contributed by atoms with E-state index in [-0.39, 0.29) is 24.0 Å². The van der Waals surface area contributed by atoms with Crippen molar-refractivity contribution in [1.82, 2.24) is 0 Å².